The van der Waals surface area contributed by atoms with Crippen LogP contribution in [0.2, 0.25) is 0 Å². The van der Waals surface area contributed by atoms with Gasteiger partial charge in [-0.1, -0.05) is 37.3 Å². The Morgan fingerprint density at radius 1 is 0.969 bits per heavy atom. The van der Waals surface area contributed by atoms with Gasteiger partial charge in [0.1, 0.15) is 5.76 Å². The molecule has 1 fully saturated rings. The van der Waals surface area contributed by atoms with Gasteiger partial charge in [-0.25, -0.2) is 0 Å². The van der Waals surface area contributed by atoms with Crippen LogP contribution in [0.3, 0.4) is 0 Å². The Morgan fingerprint density at radius 2 is 1.75 bits per heavy atom. The first-order valence-corrected chi connectivity index (χ1v) is 11.6. The molecule has 7 heteroatoms. The van der Waals surface area contributed by atoms with Crippen LogP contribution >= 0.6 is 0 Å². The van der Waals surface area contributed by atoms with Gasteiger partial charge in [-0.05, 0) is 30.5 Å². The lowest BCUT2D eigenvalue weighted by Crippen LogP contribution is -2.44. The van der Waals surface area contributed by atoms with Crippen molar-refractivity contribution in [3.8, 4) is 0 Å². The number of carbonyl (C=O) groups is 2. The summed E-state index contributed by atoms with van der Waals surface area (Å²) < 4.78 is 10.9. The number of nitrogens with zero attached hydrogens (tertiary/aromatic N) is 3. The minimum absolute atomic E-state index is 0.0421. The molecule has 1 saturated heterocycles. The number of morpholine rings is 1. The van der Waals surface area contributed by atoms with Crippen LogP contribution in [0, 0.1) is 0 Å². The molecule has 0 N–H and O–H groups in total. The molecule has 32 heavy (non-hydrogen) atoms. The smallest absolute Gasteiger partial charge is 0.242 e. The van der Waals surface area contributed by atoms with Crippen LogP contribution in [0.5, 0.6) is 0 Å². The third-order valence-corrected chi connectivity index (χ3v) is 5.64. The summed E-state index contributed by atoms with van der Waals surface area (Å²) in [7, 11) is 0. The quantitative estimate of drug-likeness (QED) is 0.506. The highest BCUT2D eigenvalue weighted by molar-refractivity contribution is 5.84. The molecule has 0 bridgehead atoms. The molecular weight excluding hydrogens is 406 g/mol. The summed E-state index contributed by atoms with van der Waals surface area (Å²) in [5, 5.41) is 0. The first-order chi connectivity index (χ1) is 15.7. The van der Waals surface area contributed by atoms with Crippen molar-refractivity contribution >= 4 is 11.8 Å². The number of rotatable bonds is 12. The topological polar surface area (TPSA) is 66.2 Å². The average molecular weight is 442 g/mol. The van der Waals surface area contributed by atoms with Crippen LogP contribution in [-0.2, 0) is 27.4 Å². The van der Waals surface area contributed by atoms with Gasteiger partial charge in [0.05, 0.1) is 32.6 Å². The van der Waals surface area contributed by atoms with E-state index in [1.807, 2.05) is 49.4 Å². The summed E-state index contributed by atoms with van der Waals surface area (Å²) in [6, 6.07) is 13.6. The van der Waals surface area contributed by atoms with Crippen LogP contribution < -0.4 is 0 Å². The van der Waals surface area contributed by atoms with E-state index in [1.165, 1.54) is 0 Å². The van der Waals surface area contributed by atoms with Gasteiger partial charge in [0.2, 0.25) is 11.8 Å². The predicted molar refractivity (Wildman–Crippen MR) is 123 cm³/mol. The van der Waals surface area contributed by atoms with E-state index in [-0.39, 0.29) is 18.4 Å². The monoisotopic (exact) mass is 441 g/mol. The van der Waals surface area contributed by atoms with E-state index in [2.05, 4.69) is 4.90 Å². The summed E-state index contributed by atoms with van der Waals surface area (Å²) in [6.07, 6.45) is 3.69. The van der Waals surface area contributed by atoms with Gasteiger partial charge in [0.15, 0.2) is 0 Å². The Balaban J connectivity index is 1.63. The zero-order valence-corrected chi connectivity index (χ0v) is 19.1. The molecule has 2 aromatic rings. The number of hydrogen-bond donors (Lipinski definition) is 0. The highest BCUT2D eigenvalue weighted by Crippen LogP contribution is 2.12. The summed E-state index contributed by atoms with van der Waals surface area (Å²) in [5.41, 5.74) is 1.05. The highest BCUT2D eigenvalue weighted by Gasteiger charge is 2.22. The van der Waals surface area contributed by atoms with E-state index in [9.17, 15) is 9.59 Å². The van der Waals surface area contributed by atoms with Crippen molar-refractivity contribution in [2.24, 2.45) is 0 Å². The molecule has 0 aliphatic carbocycles. The number of benzene rings is 1. The van der Waals surface area contributed by atoms with Gasteiger partial charge >= 0.3 is 0 Å². The molecule has 2 amide bonds. The normalized spacial score (nSPS) is 14.3. The van der Waals surface area contributed by atoms with Crippen LogP contribution in [0.15, 0.2) is 53.1 Å². The van der Waals surface area contributed by atoms with E-state index in [0.29, 0.717) is 26.1 Å². The Kier molecular flexibility index (Phi) is 9.78. The highest BCUT2D eigenvalue weighted by atomic mass is 16.5. The minimum Gasteiger partial charge on any atom is -0.467 e. The molecule has 0 atom stereocenters. The molecule has 3 rings (SSSR count). The predicted octanol–water partition coefficient (Wildman–Crippen LogP) is 3.16. The van der Waals surface area contributed by atoms with E-state index in [1.54, 1.807) is 16.1 Å². The average Bonchev–Trinajstić information content (AvgIpc) is 3.32. The molecule has 1 aliphatic heterocycles. The summed E-state index contributed by atoms with van der Waals surface area (Å²) >= 11 is 0. The number of furan rings is 1. The Morgan fingerprint density at radius 3 is 2.44 bits per heavy atom. The third-order valence-electron chi connectivity index (χ3n) is 5.64. The van der Waals surface area contributed by atoms with Crippen molar-refractivity contribution in [1.82, 2.24) is 14.7 Å². The lowest BCUT2D eigenvalue weighted by atomic mass is 10.2. The standard InChI is InChI=1S/C25H35N3O4/c1-2-8-24(29)27(13-7-12-26-14-17-31-18-15-26)21-25(30)28(20-23-11-6-16-32-23)19-22-9-4-3-5-10-22/h3-6,9-11,16H,2,7-8,12-15,17-21H2,1H3. The number of carbonyl (C=O) groups excluding carboxylic acids is 2. The summed E-state index contributed by atoms with van der Waals surface area (Å²) in [6.45, 7) is 7.81. The third kappa shape index (κ3) is 7.80. The second-order valence-corrected chi connectivity index (χ2v) is 8.19. The van der Waals surface area contributed by atoms with E-state index in [4.69, 9.17) is 9.15 Å². The van der Waals surface area contributed by atoms with Gasteiger partial charge in [0, 0.05) is 39.1 Å². The lowest BCUT2D eigenvalue weighted by molar-refractivity contribution is -0.141. The minimum atomic E-state index is -0.0684. The van der Waals surface area contributed by atoms with Crippen LogP contribution in [0.25, 0.3) is 0 Å². The van der Waals surface area contributed by atoms with Crippen molar-refractivity contribution in [1.29, 1.82) is 0 Å². The van der Waals surface area contributed by atoms with Crippen molar-refractivity contribution in [2.45, 2.75) is 39.3 Å². The zero-order valence-electron chi connectivity index (χ0n) is 19.1. The Hall–Kier alpha value is -2.64. The molecule has 174 valence electrons. The number of ether oxygens (including phenoxy) is 1. The van der Waals surface area contributed by atoms with Crippen molar-refractivity contribution in [2.75, 3.05) is 45.9 Å². The van der Waals surface area contributed by atoms with E-state index >= 15 is 0 Å². The molecule has 1 aromatic carbocycles. The SMILES string of the molecule is CCCC(=O)N(CCCN1CCOCC1)CC(=O)N(Cc1ccccc1)Cc1ccco1. The lowest BCUT2D eigenvalue weighted by Gasteiger charge is -2.29. The fraction of sp³-hybridized carbons (Fsp3) is 0.520. The summed E-state index contributed by atoms with van der Waals surface area (Å²) in [5.74, 6) is 0.703. The maximum absolute atomic E-state index is 13.3. The van der Waals surface area contributed by atoms with Crippen LogP contribution in [-0.4, -0.2) is 72.5 Å². The maximum atomic E-state index is 13.3. The van der Waals surface area contributed by atoms with Gasteiger partial charge in [0.25, 0.3) is 0 Å². The largest absolute Gasteiger partial charge is 0.467 e. The van der Waals surface area contributed by atoms with Crippen molar-refractivity contribution in [3.63, 3.8) is 0 Å². The second-order valence-electron chi connectivity index (χ2n) is 8.19. The summed E-state index contributed by atoms with van der Waals surface area (Å²) in [4.78, 5) is 31.9. The molecule has 1 aliphatic rings. The maximum Gasteiger partial charge on any atom is 0.242 e. The number of amides is 2. The van der Waals surface area contributed by atoms with E-state index < -0.39 is 0 Å². The molecule has 0 unspecified atom stereocenters. The fourth-order valence-electron chi connectivity index (χ4n) is 3.86. The fourth-order valence-corrected chi connectivity index (χ4v) is 3.86. The molecule has 7 nitrogen and oxygen atoms in total. The van der Waals surface area contributed by atoms with Gasteiger partial charge in [-0.15, -0.1) is 0 Å². The Bertz CT molecular complexity index is 804. The van der Waals surface area contributed by atoms with Crippen LogP contribution in [0.1, 0.15) is 37.5 Å². The molecular formula is C25H35N3O4. The molecule has 1 aromatic heterocycles. The van der Waals surface area contributed by atoms with E-state index in [0.717, 1.165) is 57.0 Å². The van der Waals surface area contributed by atoms with Gasteiger partial charge in [-0.2, -0.15) is 0 Å². The van der Waals surface area contributed by atoms with Crippen LogP contribution in [0.4, 0.5) is 0 Å². The Labute approximate surface area is 190 Å². The molecule has 2 heterocycles. The first-order valence-electron chi connectivity index (χ1n) is 11.6. The molecule has 0 saturated carbocycles. The first kappa shape index (κ1) is 24.0. The molecule has 0 spiro atoms. The van der Waals surface area contributed by atoms with Crippen molar-refractivity contribution in [3.05, 3.63) is 60.1 Å². The van der Waals surface area contributed by atoms with Gasteiger partial charge in [-0.3, -0.25) is 14.5 Å². The molecule has 0 radical (unpaired) electrons. The second kappa shape index (κ2) is 13.0. The van der Waals surface area contributed by atoms with Crippen molar-refractivity contribution < 1.29 is 18.7 Å². The zero-order chi connectivity index (χ0) is 22.6. The van der Waals surface area contributed by atoms with Gasteiger partial charge < -0.3 is 19.0 Å². The number of hydrogen-bond acceptors (Lipinski definition) is 5.